The highest BCUT2D eigenvalue weighted by Gasteiger charge is 2.22. The SMILES string of the molecule is C=C(C)C(=O)OC(Oc1cc(C)cc(C)c1)C(C)O. The van der Waals surface area contributed by atoms with Crippen LogP contribution >= 0.6 is 0 Å². The van der Waals surface area contributed by atoms with Crippen LogP contribution in [-0.4, -0.2) is 23.5 Å². The summed E-state index contributed by atoms with van der Waals surface area (Å²) in [6.07, 6.45) is -1.99. The van der Waals surface area contributed by atoms with Gasteiger partial charge in [-0.25, -0.2) is 4.79 Å². The summed E-state index contributed by atoms with van der Waals surface area (Å²) in [7, 11) is 0. The molecular formula is C15H20O4. The third-order valence-corrected chi connectivity index (χ3v) is 2.41. The highest BCUT2D eigenvalue weighted by atomic mass is 16.7. The molecule has 1 aromatic carbocycles. The molecule has 19 heavy (non-hydrogen) atoms. The number of carbonyl (C=O) groups is 1. The topological polar surface area (TPSA) is 55.8 Å². The second-order valence-electron chi connectivity index (χ2n) is 4.74. The van der Waals surface area contributed by atoms with Gasteiger partial charge in [0.25, 0.3) is 6.29 Å². The van der Waals surface area contributed by atoms with Gasteiger partial charge in [-0.3, -0.25) is 0 Å². The number of ether oxygens (including phenoxy) is 2. The predicted molar refractivity (Wildman–Crippen MR) is 72.9 cm³/mol. The van der Waals surface area contributed by atoms with Crippen LogP contribution in [0.15, 0.2) is 30.4 Å². The Morgan fingerprint density at radius 3 is 2.21 bits per heavy atom. The number of esters is 1. The van der Waals surface area contributed by atoms with Gasteiger partial charge in [0.15, 0.2) is 0 Å². The summed E-state index contributed by atoms with van der Waals surface area (Å²) < 4.78 is 10.6. The highest BCUT2D eigenvalue weighted by Crippen LogP contribution is 2.19. The van der Waals surface area contributed by atoms with Crippen LogP contribution in [0.2, 0.25) is 0 Å². The predicted octanol–water partition coefficient (Wildman–Crippen LogP) is 2.51. The number of aliphatic hydroxyl groups excluding tert-OH is 1. The van der Waals surface area contributed by atoms with Crippen LogP contribution in [0.5, 0.6) is 5.75 Å². The summed E-state index contributed by atoms with van der Waals surface area (Å²) in [5.41, 5.74) is 2.32. The molecule has 0 aliphatic carbocycles. The number of aliphatic hydroxyl groups is 1. The molecule has 0 saturated carbocycles. The Bertz CT molecular complexity index is 457. The first kappa shape index (κ1) is 15.2. The minimum atomic E-state index is -1.05. The fraction of sp³-hybridized carbons (Fsp3) is 0.400. The summed E-state index contributed by atoms with van der Waals surface area (Å²) in [4.78, 5) is 11.5. The lowest BCUT2D eigenvalue weighted by molar-refractivity contribution is -0.173. The first-order chi connectivity index (χ1) is 8.79. The van der Waals surface area contributed by atoms with E-state index in [4.69, 9.17) is 9.47 Å². The van der Waals surface area contributed by atoms with Crippen LogP contribution in [-0.2, 0) is 9.53 Å². The van der Waals surface area contributed by atoms with Crippen molar-refractivity contribution in [3.05, 3.63) is 41.5 Å². The van der Waals surface area contributed by atoms with E-state index in [1.165, 1.54) is 13.8 Å². The standard InChI is InChI=1S/C15H20O4/c1-9(2)14(17)19-15(12(5)16)18-13-7-10(3)6-11(4)8-13/h6-8,12,15-16H,1H2,2-5H3. The monoisotopic (exact) mass is 264 g/mol. The molecule has 0 fully saturated rings. The number of aryl methyl sites for hydroxylation is 2. The zero-order valence-electron chi connectivity index (χ0n) is 11.8. The van der Waals surface area contributed by atoms with Gasteiger partial charge < -0.3 is 14.6 Å². The molecule has 0 spiro atoms. The first-order valence-corrected chi connectivity index (χ1v) is 6.09. The van der Waals surface area contributed by atoms with Crippen molar-refractivity contribution in [2.24, 2.45) is 0 Å². The normalized spacial score (nSPS) is 13.5. The largest absolute Gasteiger partial charge is 0.452 e. The molecule has 1 rings (SSSR count). The van der Waals surface area contributed by atoms with Gasteiger partial charge in [0, 0.05) is 5.57 Å². The third-order valence-electron chi connectivity index (χ3n) is 2.41. The molecule has 0 aliphatic heterocycles. The molecule has 4 heteroatoms. The Balaban J connectivity index is 2.83. The Hall–Kier alpha value is -1.81. The molecule has 104 valence electrons. The van der Waals surface area contributed by atoms with Crippen molar-refractivity contribution in [1.29, 1.82) is 0 Å². The third kappa shape index (κ3) is 4.75. The zero-order valence-corrected chi connectivity index (χ0v) is 11.8. The molecule has 0 aliphatic rings. The number of hydrogen-bond acceptors (Lipinski definition) is 4. The summed E-state index contributed by atoms with van der Waals surface area (Å²) >= 11 is 0. The molecule has 0 bridgehead atoms. The fourth-order valence-corrected chi connectivity index (χ4v) is 1.56. The minimum absolute atomic E-state index is 0.259. The van der Waals surface area contributed by atoms with Crippen LogP contribution in [0.3, 0.4) is 0 Å². The van der Waals surface area contributed by atoms with E-state index in [1.807, 2.05) is 32.0 Å². The zero-order chi connectivity index (χ0) is 14.6. The van der Waals surface area contributed by atoms with E-state index < -0.39 is 18.4 Å². The Morgan fingerprint density at radius 2 is 1.79 bits per heavy atom. The van der Waals surface area contributed by atoms with Crippen molar-refractivity contribution in [2.45, 2.75) is 40.1 Å². The number of carbonyl (C=O) groups excluding carboxylic acids is 1. The molecule has 0 amide bonds. The molecule has 0 radical (unpaired) electrons. The van der Waals surface area contributed by atoms with E-state index in [1.54, 1.807) is 0 Å². The average molecular weight is 264 g/mol. The smallest absolute Gasteiger partial charge is 0.336 e. The quantitative estimate of drug-likeness (QED) is 0.504. The van der Waals surface area contributed by atoms with Crippen molar-refractivity contribution >= 4 is 5.97 Å². The molecular weight excluding hydrogens is 244 g/mol. The lowest BCUT2D eigenvalue weighted by Gasteiger charge is -2.22. The molecule has 4 nitrogen and oxygen atoms in total. The second-order valence-corrected chi connectivity index (χ2v) is 4.74. The van der Waals surface area contributed by atoms with E-state index >= 15 is 0 Å². The van der Waals surface area contributed by atoms with E-state index in [2.05, 4.69) is 6.58 Å². The van der Waals surface area contributed by atoms with E-state index in [9.17, 15) is 9.90 Å². The van der Waals surface area contributed by atoms with Crippen LogP contribution in [0, 0.1) is 13.8 Å². The molecule has 0 saturated heterocycles. The van der Waals surface area contributed by atoms with Crippen LogP contribution in [0.1, 0.15) is 25.0 Å². The van der Waals surface area contributed by atoms with Gasteiger partial charge in [0.1, 0.15) is 11.9 Å². The summed E-state index contributed by atoms with van der Waals surface area (Å²) in [6, 6.07) is 5.64. The van der Waals surface area contributed by atoms with Gasteiger partial charge in [-0.1, -0.05) is 12.6 Å². The lowest BCUT2D eigenvalue weighted by Crippen LogP contribution is -2.34. The lowest BCUT2D eigenvalue weighted by atomic mass is 10.1. The number of benzene rings is 1. The summed E-state index contributed by atoms with van der Waals surface area (Å²) in [5.74, 6) is -0.0341. The Kier molecular flexibility index (Phi) is 5.12. The van der Waals surface area contributed by atoms with Gasteiger partial charge >= 0.3 is 5.97 Å². The first-order valence-electron chi connectivity index (χ1n) is 6.09. The van der Waals surface area contributed by atoms with E-state index in [0.717, 1.165) is 11.1 Å². The van der Waals surface area contributed by atoms with Gasteiger partial charge in [-0.05, 0) is 51.0 Å². The number of rotatable bonds is 5. The fourth-order valence-electron chi connectivity index (χ4n) is 1.56. The van der Waals surface area contributed by atoms with Crippen molar-refractivity contribution in [2.75, 3.05) is 0 Å². The average Bonchev–Trinajstić information content (AvgIpc) is 2.26. The molecule has 1 aromatic rings. The Morgan fingerprint density at radius 1 is 1.26 bits per heavy atom. The van der Waals surface area contributed by atoms with Gasteiger partial charge in [0.2, 0.25) is 0 Å². The molecule has 0 heterocycles. The van der Waals surface area contributed by atoms with Crippen LogP contribution in [0.25, 0.3) is 0 Å². The molecule has 2 unspecified atom stereocenters. The molecule has 0 aromatic heterocycles. The van der Waals surface area contributed by atoms with Crippen molar-refractivity contribution in [3.63, 3.8) is 0 Å². The highest BCUT2D eigenvalue weighted by molar-refractivity contribution is 5.87. The van der Waals surface area contributed by atoms with Gasteiger partial charge in [0.05, 0.1) is 0 Å². The molecule has 2 atom stereocenters. The van der Waals surface area contributed by atoms with Gasteiger partial charge in [-0.2, -0.15) is 0 Å². The maximum absolute atomic E-state index is 11.5. The molecule has 1 N–H and O–H groups in total. The second kappa shape index (κ2) is 6.38. The Labute approximate surface area is 113 Å². The van der Waals surface area contributed by atoms with E-state index in [-0.39, 0.29) is 5.57 Å². The van der Waals surface area contributed by atoms with Crippen molar-refractivity contribution < 1.29 is 19.4 Å². The summed E-state index contributed by atoms with van der Waals surface area (Å²) in [5, 5.41) is 9.61. The van der Waals surface area contributed by atoms with Crippen molar-refractivity contribution in [3.8, 4) is 5.75 Å². The van der Waals surface area contributed by atoms with Crippen LogP contribution < -0.4 is 4.74 Å². The number of hydrogen-bond donors (Lipinski definition) is 1. The van der Waals surface area contributed by atoms with Crippen molar-refractivity contribution in [1.82, 2.24) is 0 Å². The maximum Gasteiger partial charge on any atom is 0.336 e. The maximum atomic E-state index is 11.5. The minimum Gasteiger partial charge on any atom is -0.452 e. The van der Waals surface area contributed by atoms with E-state index in [0.29, 0.717) is 5.75 Å². The van der Waals surface area contributed by atoms with Crippen LogP contribution in [0.4, 0.5) is 0 Å². The summed E-state index contributed by atoms with van der Waals surface area (Å²) in [6.45, 7) is 10.4. The van der Waals surface area contributed by atoms with Gasteiger partial charge in [-0.15, -0.1) is 0 Å².